The van der Waals surface area contributed by atoms with Gasteiger partial charge in [0.05, 0.1) is 25.9 Å². The number of morpholine rings is 1. The standard InChI is InChI=1S/C12H17N3O3/c16-12-11(2-6-18-12)14-5-7-17-10(8-14)9-15-4-1-3-13-15/h1,3-4,10-11H,2,5-9H2. The fourth-order valence-corrected chi connectivity index (χ4v) is 2.57. The minimum Gasteiger partial charge on any atom is -0.464 e. The van der Waals surface area contributed by atoms with E-state index in [2.05, 4.69) is 10.00 Å². The van der Waals surface area contributed by atoms with Crippen molar-refractivity contribution in [2.45, 2.75) is 25.1 Å². The molecule has 98 valence electrons. The molecule has 1 aromatic heterocycles. The van der Waals surface area contributed by atoms with Crippen molar-refractivity contribution in [2.75, 3.05) is 26.3 Å². The predicted molar refractivity (Wildman–Crippen MR) is 62.9 cm³/mol. The number of carbonyl (C=O) groups excluding carboxylic acids is 1. The quantitative estimate of drug-likeness (QED) is 0.702. The van der Waals surface area contributed by atoms with E-state index in [-0.39, 0.29) is 18.1 Å². The van der Waals surface area contributed by atoms with Gasteiger partial charge in [-0.05, 0) is 6.07 Å². The van der Waals surface area contributed by atoms with E-state index in [9.17, 15) is 4.79 Å². The van der Waals surface area contributed by atoms with Gasteiger partial charge in [0.2, 0.25) is 0 Å². The van der Waals surface area contributed by atoms with Gasteiger partial charge in [-0.2, -0.15) is 5.10 Å². The zero-order valence-electron chi connectivity index (χ0n) is 10.2. The average molecular weight is 251 g/mol. The smallest absolute Gasteiger partial charge is 0.323 e. The molecule has 3 heterocycles. The molecule has 0 radical (unpaired) electrons. The van der Waals surface area contributed by atoms with Gasteiger partial charge in [0.1, 0.15) is 6.04 Å². The van der Waals surface area contributed by atoms with Crippen molar-refractivity contribution in [3.05, 3.63) is 18.5 Å². The number of esters is 1. The fraction of sp³-hybridized carbons (Fsp3) is 0.667. The molecule has 1 aromatic rings. The molecular weight excluding hydrogens is 234 g/mol. The van der Waals surface area contributed by atoms with Gasteiger partial charge in [0.25, 0.3) is 0 Å². The van der Waals surface area contributed by atoms with E-state index in [0.717, 1.165) is 26.1 Å². The van der Waals surface area contributed by atoms with E-state index in [0.29, 0.717) is 13.2 Å². The molecule has 0 bridgehead atoms. The summed E-state index contributed by atoms with van der Waals surface area (Å²) in [5, 5.41) is 4.17. The molecular formula is C12H17N3O3. The van der Waals surface area contributed by atoms with Crippen LogP contribution in [0, 0.1) is 0 Å². The van der Waals surface area contributed by atoms with Gasteiger partial charge >= 0.3 is 5.97 Å². The van der Waals surface area contributed by atoms with Crippen LogP contribution in [0.2, 0.25) is 0 Å². The van der Waals surface area contributed by atoms with Crippen LogP contribution in [0.15, 0.2) is 18.5 Å². The van der Waals surface area contributed by atoms with E-state index in [4.69, 9.17) is 9.47 Å². The van der Waals surface area contributed by atoms with E-state index < -0.39 is 0 Å². The Morgan fingerprint density at radius 1 is 1.44 bits per heavy atom. The first-order valence-corrected chi connectivity index (χ1v) is 6.32. The monoisotopic (exact) mass is 251 g/mol. The van der Waals surface area contributed by atoms with Crippen LogP contribution in [0.5, 0.6) is 0 Å². The fourth-order valence-electron chi connectivity index (χ4n) is 2.57. The van der Waals surface area contributed by atoms with Gasteiger partial charge in [-0.1, -0.05) is 0 Å². The Morgan fingerprint density at radius 2 is 2.39 bits per heavy atom. The molecule has 2 atom stereocenters. The summed E-state index contributed by atoms with van der Waals surface area (Å²) in [5.41, 5.74) is 0. The first-order chi connectivity index (χ1) is 8.83. The first kappa shape index (κ1) is 11.7. The Bertz CT molecular complexity index is 407. The summed E-state index contributed by atoms with van der Waals surface area (Å²) in [4.78, 5) is 13.7. The number of rotatable bonds is 3. The summed E-state index contributed by atoms with van der Waals surface area (Å²) >= 11 is 0. The van der Waals surface area contributed by atoms with Crippen molar-refractivity contribution in [2.24, 2.45) is 0 Å². The zero-order valence-corrected chi connectivity index (χ0v) is 10.2. The number of aromatic nitrogens is 2. The predicted octanol–water partition coefficient (Wildman–Crippen LogP) is -0.101. The molecule has 0 N–H and O–H groups in total. The largest absolute Gasteiger partial charge is 0.464 e. The van der Waals surface area contributed by atoms with Crippen LogP contribution >= 0.6 is 0 Å². The second kappa shape index (κ2) is 5.07. The SMILES string of the molecule is O=C1OCCC1N1CCOC(Cn2cccn2)C1. The summed E-state index contributed by atoms with van der Waals surface area (Å²) in [6, 6.07) is 1.82. The van der Waals surface area contributed by atoms with Crippen LogP contribution in [0.4, 0.5) is 0 Å². The Hall–Kier alpha value is -1.40. The molecule has 2 fully saturated rings. The van der Waals surface area contributed by atoms with E-state index in [1.807, 2.05) is 16.9 Å². The minimum atomic E-state index is -0.0882. The molecule has 18 heavy (non-hydrogen) atoms. The molecule has 2 aliphatic rings. The van der Waals surface area contributed by atoms with Crippen molar-refractivity contribution in [3.63, 3.8) is 0 Å². The molecule has 6 nitrogen and oxygen atoms in total. The highest BCUT2D eigenvalue weighted by Gasteiger charge is 2.35. The number of hydrogen-bond donors (Lipinski definition) is 0. The van der Waals surface area contributed by atoms with Crippen molar-refractivity contribution in [3.8, 4) is 0 Å². The van der Waals surface area contributed by atoms with Crippen LogP contribution in [0.25, 0.3) is 0 Å². The lowest BCUT2D eigenvalue weighted by atomic mass is 10.1. The van der Waals surface area contributed by atoms with Crippen LogP contribution < -0.4 is 0 Å². The molecule has 0 aromatic carbocycles. The normalized spacial score (nSPS) is 29.4. The van der Waals surface area contributed by atoms with E-state index in [1.54, 1.807) is 6.20 Å². The second-order valence-electron chi connectivity index (χ2n) is 4.69. The van der Waals surface area contributed by atoms with Gasteiger partial charge in [0.15, 0.2) is 0 Å². The lowest BCUT2D eigenvalue weighted by molar-refractivity contribution is -0.144. The Balaban J connectivity index is 1.59. The molecule has 2 unspecified atom stereocenters. The van der Waals surface area contributed by atoms with Crippen molar-refractivity contribution in [1.82, 2.24) is 14.7 Å². The molecule has 2 aliphatic heterocycles. The Kier molecular flexibility index (Phi) is 3.29. The minimum absolute atomic E-state index is 0.0750. The van der Waals surface area contributed by atoms with Gasteiger partial charge in [-0.25, -0.2) is 0 Å². The maximum absolute atomic E-state index is 11.6. The third kappa shape index (κ3) is 2.39. The molecule has 0 amide bonds. The third-order valence-corrected chi connectivity index (χ3v) is 3.47. The Morgan fingerprint density at radius 3 is 3.11 bits per heavy atom. The highest BCUT2D eigenvalue weighted by Crippen LogP contribution is 2.18. The Labute approximate surface area is 105 Å². The van der Waals surface area contributed by atoms with E-state index >= 15 is 0 Å². The highest BCUT2D eigenvalue weighted by atomic mass is 16.5. The van der Waals surface area contributed by atoms with Gasteiger partial charge in [0, 0.05) is 31.9 Å². The van der Waals surface area contributed by atoms with Gasteiger partial charge in [-0.3, -0.25) is 14.4 Å². The van der Waals surface area contributed by atoms with Crippen LogP contribution in [0.1, 0.15) is 6.42 Å². The molecule has 0 spiro atoms. The number of nitrogens with zero attached hydrogens (tertiary/aromatic N) is 3. The molecule has 6 heteroatoms. The van der Waals surface area contributed by atoms with Crippen LogP contribution in [-0.2, 0) is 20.8 Å². The molecule has 3 rings (SSSR count). The van der Waals surface area contributed by atoms with Crippen molar-refractivity contribution < 1.29 is 14.3 Å². The number of hydrogen-bond acceptors (Lipinski definition) is 5. The summed E-state index contributed by atoms with van der Waals surface area (Å²) in [7, 11) is 0. The summed E-state index contributed by atoms with van der Waals surface area (Å²) in [6.45, 7) is 3.50. The maximum Gasteiger partial charge on any atom is 0.323 e. The van der Waals surface area contributed by atoms with Gasteiger partial charge in [-0.15, -0.1) is 0 Å². The van der Waals surface area contributed by atoms with Crippen molar-refractivity contribution in [1.29, 1.82) is 0 Å². The van der Waals surface area contributed by atoms with Crippen molar-refractivity contribution >= 4 is 5.97 Å². The lowest BCUT2D eigenvalue weighted by Gasteiger charge is -2.35. The van der Waals surface area contributed by atoms with E-state index in [1.165, 1.54) is 0 Å². The summed E-state index contributed by atoms with van der Waals surface area (Å²) in [5.74, 6) is -0.0882. The first-order valence-electron chi connectivity index (χ1n) is 6.32. The second-order valence-corrected chi connectivity index (χ2v) is 4.69. The number of carbonyl (C=O) groups is 1. The topological polar surface area (TPSA) is 56.6 Å². The van der Waals surface area contributed by atoms with Gasteiger partial charge < -0.3 is 9.47 Å². The number of cyclic esters (lactones) is 1. The third-order valence-electron chi connectivity index (χ3n) is 3.47. The lowest BCUT2D eigenvalue weighted by Crippen LogP contribution is -2.50. The van der Waals surface area contributed by atoms with Crippen LogP contribution in [0.3, 0.4) is 0 Å². The zero-order chi connectivity index (χ0) is 12.4. The molecule has 0 aliphatic carbocycles. The average Bonchev–Trinajstić information content (AvgIpc) is 3.01. The number of ether oxygens (including phenoxy) is 2. The summed E-state index contributed by atoms with van der Waals surface area (Å²) < 4.78 is 12.6. The molecule has 0 saturated carbocycles. The molecule has 2 saturated heterocycles. The maximum atomic E-state index is 11.6. The van der Waals surface area contributed by atoms with Crippen LogP contribution in [-0.4, -0.2) is 59.1 Å². The highest BCUT2D eigenvalue weighted by molar-refractivity contribution is 5.77. The summed E-state index contributed by atoms with van der Waals surface area (Å²) in [6.07, 6.45) is 4.57.